The Bertz CT molecular complexity index is 1070. The van der Waals surface area contributed by atoms with Gasteiger partial charge in [-0.2, -0.15) is 0 Å². The molecule has 4 atom stereocenters. The summed E-state index contributed by atoms with van der Waals surface area (Å²) in [6, 6.07) is 5.69. The van der Waals surface area contributed by atoms with Crippen LogP contribution < -0.4 is 10.1 Å². The number of aromatic nitrogens is 3. The number of halogens is 1. The van der Waals surface area contributed by atoms with Gasteiger partial charge in [0.15, 0.2) is 0 Å². The van der Waals surface area contributed by atoms with Crippen LogP contribution in [0.2, 0.25) is 0 Å². The number of hydrogen-bond donors (Lipinski definition) is 3. The van der Waals surface area contributed by atoms with Gasteiger partial charge in [0.05, 0.1) is 11.7 Å². The molecule has 3 aromatic rings. The van der Waals surface area contributed by atoms with Gasteiger partial charge >= 0.3 is 0 Å². The van der Waals surface area contributed by atoms with Gasteiger partial charge in [0.1, 0.15) is 36.0 Å². The zero-order valence-electron chi connectivity index (χ0n) is 16.0. The highest BCUT2D eigenvalue weighted by molar-refractivity contribution is 14.1. The van der Waals surface area contributed by atoms with Crippen molar-refractivity contribution in [2.45, 2.75) is 50.7 Å². The zero-order chi connectivity index (χ0) is 20.1. The molecule has 1 aromatic carbocycles. The summed E-state index contributed by atoms with van der Waals surface area (Å²) in [5, 5.41) is 25.9. The SMILES string of the molecule is Cc1ncnc2c1ccn2[C@@H]1C[C@H](Oc2ccc(I)c3c2CNCC3)[C@@H](O)[C@H]1O. The highest BCUT2D eigenvalue weighted by Crippen LogP contribution is 2.38. The van der Waals surface area contributed by atoms with Gasteiger partial charge < -0.3 is 24.8 Å². The van der Waals surface area contributed by atoms with E-state index in [1.54, 1.807) is 0 Å². The molecule has 0 spiro atoms. The van der Waals surface area contributed by atoms with Crippen molar-refractivity contribution in [1.29, 1.82) is 0 Å². The highest BCUT2D eigenvalue weighted by Gasteiger charge is 2.44. The lowest BCUT2D eigenvalue weighted by Gasteiger charge is -2.25. The minimum absolute atomic E-state index is 0.306. The summed E-state index contributed by atoms with van der Waals surface area (Å²) in [5.74, 6) is 0.792. The molecule has 1 aliphatic heterocycles. The molecule has 3 heterocycles. The molecule has 3 N–H and O–H groups in total. The first-order chi connectivity index (χ1) is 14.0. The van der Waals surface area contributed by atoms with Crippen LogP contribution in [0.5, 0.6) is 5.75 Å². The van der Waals surface area contributed by atoms with E-state index >= 15 is 0 Å². The number of benzene rings is 1. The van der Waals surface area contributed by atoms with Gasteiger partial charge in [0.25, 0.3) is 0 Å². The van der Waals surface area contributed by atoms with Crippen molar-refractivity contribution in [2.75, 3.05) is 6.54 Å². The molecule has 152 valence electrons. The van der Waals surface area contributed by atoms with E-state index in [0.717, 1.165) is 47.6 Å². The Kier molecular flexibility index (Phi) is 4.97. The number of aryl methyl sites for hydroxylation is 1. The molecule has 29 heavy (non-hydrogen) atoms. The largest absolute Gasteiger partial charge is 0.487 e. The van der Waals surface area contributed by atoms with E-state index in [1.165, 1.54) is 15.5 Å². The number of aliphatic hydroxyl groups is 2. The van der Waals surface area contributed by atoms with E-state index in [2.05, 4.69) is 43.9 Å². The predicted octanol–water partition coefficient (Wildman–Crippen LogP) is 2.10. The minimum Gasteiger partial charge on any atom is -0.487 e. The molecule has 0 unspecified atom stereocenters. The Morgan fingerprint density at radius 2 is 2.03 bits per heavy atom. The number of nitrogens with zero attached hydrogens (tertiary/aromatic N) is 3. The molecule has 1 saturated carbocycles. The Labute approximate surface area is 182 Å². The van der Waals surface area contributed by atoms with Crippen molar-refractivity contribution >= 4 is 33.6 Å². The summed E-state index contributed by atoms with van der Waals surface area (Å²) >= 11 is 2.36. The molecule has 0 amide bonds. The van der Waals surface area contributed by atoms with Gasteiger partial charge in [-0.3, -0.25) is 0 Å². The molecule has 1 aliphatic carbocycles. The molecule has 8 heteroatoms. The van der Waals surface area contributed by atoms with E-state index in [-0.39, 0.29) is 6.04 Å². The molecule has 0 saturated heterocycles. The van der Waals surface area contributed by atoms with Crippen LogP contribution in [0.1, 0.15) is 29.3 Å². The maximum atomic E-state index is 10.8. The van der Waals surface area contributed by atoms with Crippen LogP contribution in [-0.4, -0.2) is 49.6 Å². The van der Waals surface area contributed by atoms with Crippen molar-refractivity contribution in [3.63, 3.8) is 0 Å². The van der Waals surface area contributed by atoms with Crippen LogP contribution in [0.15, 0.2) is 30.7 Å². The van der Waals surface area contributed by atoms with Crippen molar-refractivity contribution in [1.82, 2.24) is 19.9 Å². The third-order valence-corrected chi connectivity index (χ3v) is 7.14. The number of ether oxygens (including phenoxy) is 1. The minimum atomic E-state index is -0.966. The molecule has 2 aromatic heterocycles. The third-order valence-electron chi connectivity index (χ3n) is 6.13. The predicted molar refractivity (Wildman–Crippen MR) is 117 cm³/mol. The molecular weight excluding hydrogens is 483 g/mol. The molecule has 0 bridgehead atoms. The maximum absolute atomic E-state index is 10.8. The molecule has 2 aliphatic rings. The van der Waals surface area contributed by atoms with Gasteiger partial charge in [0.2, 0.25) is 0 Å². The van der Waals surface area contributed by atoms with Crippen LogP contribution in [0, 0.1) is 10.5 Å². The van der Waals surface area contributed by atoms with E-state index in [1.807, 2.05) is 29.8 Å². The molecular formula is C21H23IN4O3. The summed E-state index contributed by atoms with van der Waals surface area (Å²) in [7, 11) is 0. The number of aliphatic hydroxyl groups excluding tert-OH is 2. The Balaban J connectivity index is 1.44. The first-order valence-corrected chi connectivity index (χ1v) is 10.9. The Morgan fingerprint density at radius 1 is 1.17 bits per heavy atom. The second-order valence-corrected chi connectivity index (χ2v) is 8.95. The zero-order valence-corrected chi connectivity index (χ0v) is 18.2. The van der Waals surface area contributed by atoms with Gasteiger partial charge in [-0.1, -0.05) is 0 Å². The summed E-state index contributed by atoms with van der Waals surface area (Å²) < 4.78 is 9.45. The average Bonchev–Trinajstić information content (AvgIpc) is 3.28. The first kappa shape index (κ1) is 19.2. The van der Waals surface area contributed by atoms with Crippen LogP contribution in [0.4, 0.5) is 0 Å². The van der Waals surface area contributed by atoms with E-state index in [9.17, 15) is 10.2 Å². The van der Waals surface area contributed by atoms with Gasteiger partial charge in [-0.25, -0.2) is 9.97 Å². The van der Waals surface area contributed by atoms with E-state index < -0.39 is 18.3 Å². The highest BCUT2D eigenvalue weighted by atomic mass is 127. The number of hydrogen-bond acceptors (Lipinski definition) is 6. The maximum Gasteiger partial charge on any atom is 0.143 e. The lowest BCUT2D eigenvalue weighted by atomic mass is 10.00. The molecule has 1 fully saturated rings. The summed E-state index contributed by atoms with van der Waals surface area (Å²) in [6.45, 7) is 3.66. The fourth-order valence-corrected chi connectivity index (χ4v) is 5.31. The average molecular weight is 506 g/mol. The normalized spacial score (nSPS) is 26.6. The molecule has 7 nitrogen and oxygen atoms in total. The van der Waals surface area contributed by atoms with Crippen LogP contribution >= 0.6 is 22.6 Å². The van der Waals surface area contributed by atoms with Crippen LogP contribution in [0.3, 0.4) is 0 Å². The van der Waals surface area contributed by atoms with Crippen molar-refractivity contribution in [3.8, 4) is 5.75 Å². The number of rotatable bonds is 3. The first-order valence-electron chi connectivity index (χ1n) is 9.86. The second-order valence-electron chi connectivity index (χ2n) is 7.79. The third kappa shape index (κ3) is 3.22. The van der Waals surface area contributed by atoms with Crippen molar-refractivity contribution in [2.24, 2.45) is 0 Å². The second kappa shape index (κ2) is 7.50. The van der Waals surface area contributed by atoms with Gasteiger partial charge in [-0.05, 0) is 66.2 Å². The molecule has 0 radical (unpaired) electrons. The van der Waals surface area contributed by atoms with Crippen molar-refractivity contribution in [3.05, 3.63) is 51.1 Å². The number of nitrogens with one attached hydrogen (secondary N) is 1. The van der Waals surface area contributed by atoms with Gasteiger partial charge in [0, 0.05) is 33.7 Å². The lowest BCUT2D eigenvalue weighted by Crippen LogP contribution is -2.35. The van der Waals surface area contributed by atoms with Crippen LogP contribution in [0.25, 0.3) is 11.0 Å². The summed E-state index contributed by atoms with van der Waals surface area (Å²) in [5.41, 5.74) is 4.14. The number of fused-ring (bicyclic) bond motifs is 2. The Morgan fingerprint density at radius 3 is 2.90 bits per heavy atom. The summed E-state index contributed by atoms with van der Waals surface area (Å²) in [4.78, 5) is 8.62. The lowest BCUT2D eigenvalue weighted by molar-refractivity contribution is -0.0166. The van der Waals surface area contributed by atoms with Crippen molar-refractivity contribution < 1.29 is 14.9 Å². The van der Waals surface area contributed by atoms with E-state index in [4.69, 9.17) is 4.74 Å². The fourth-order valence-electron chi connectivity index (χ4n) is 4.53. The molecule has 5 rings (SSSR count). The monoisotopic (exact) mass is 506 g/mol. The van der Waals surface area contributed by atoms with E-state index in [0.29, 0.717) is 6.42 Å². The quantitative estimate of drug-likeness (QED) is 0.472. The fraction of sp³-hybridized carbons (Fsp3) is 0.429. The van der Waals surface area contributed by atoms with Gasteiger partial charge in [-0.15, -0.1) is 0 Å². The standard InChI is InChI=1S/C21H23IN4O3/c1-11-12-5-7-26(21(12)25-10-24-11)16-8-18(20(28)19(16)27)29-17-3-2-15(22)13-4-6-23-9-14(13)17/h2-3,5,7,10,16,18-20,23,27-28H,4,6,8-9H2,1H3/t16-,18+,19+,20-/m1/s1. The summed E-state index contributed by atoms with van der Waals surface area (Å²) in [6.07, 6.45) is 2.54. The van der Waals surface area contributed by atoms with Crippen LogP contribution in [-0.2, 0) is 13.0 Å². The Hall–Kier alpha value is -1.75. The smallest absolute Gasteiger partial charge is 0.143 e. The topological polar surface area (TPSA) is 92.4 Å².